The summed E-state index contributed by atoms with van der Waals surface area (Å²) in [6.45, 7) is 0. The summed E-state index contributed by atoms with van der Waals surface area (Å²) in [4.78, 5) is 0. The molecule has 0 fully saturated rings. The highest BCUT2D eigenvalue weighted by Crippen LogP contribution is 2.52. The highest BCUT2D eigenvalue weighted by atomic mass is 32.4. The minimum atomic E-state index is -9.42. The van der Waals surface area contributed by atoms with E-state index in [0.29, 0.717) is 0 Å². The second kappa shape index (κ2) is 3.20. The number of hydrogen-bond donors (Lipinski definition) is 0. The zero-order chi connectivity index (χ0) is 13.7. The van der Waals surface area contributed by atoms with Crippen molar-refractivity contribution in [3.63, 3.8) is 0 Å². The van der Waals surface area contributed by atoms with Gasteiger partial charge in [0.05, 0.1) is 0 Å². The summed E-state index contributed by atoms with van der Waals surface area (Å²) in [6.07, 6.45) is -14.1. The van der Waals surface area contributed by atoms with Crippen LogP contribution in [-0.2, 0) is 10.5 Å². The molecule has 0 N–H and O–H groups in total. The van der Waals surface area contributed by atoms with E-state index in [2.05, 4.69) is 0 Å². The Kier molecular flexibility index (Phi) is 3.07. The fraction of sp³-hybridized carbons (Fsp3) is 1.00. The fourth-order valence-electron chi connectivity index (χ4n) is 0.454. The van der Waals surface area contributed by atoms with Gasteiger partial charge in [0, 0.05) is 0 Å². The Morgan fingerprint density at radius 2 is 0.875 bits per heavy atom. The maximum Gasteiger partial charge on any atom is 0.454 e. The number of halogens is 11. The summed E-state index contributed by atoms with van der Waals surface area (Å²) < 4.78 is 126. The molecule has 0 aliphatic carbocycles. The molecule has 0 amide bonds. The van der Waals surface area contributed by atoms with Crippen LogP contribution in [0.25, 0.3) is 0 Å². The monoisotopic (exact) mass is 291 g/mol. The molecule has 0 aromatic rings. The van der Waals surface area contributed by atoms with E-state index in [4.69, 9.17) is 0 Å². The molecule has 0 bridgehead atoms. The first-order valence-electron chi connectivity index (χ1n) is 2.85. The first-order valence-corrected chi connectivity index (χ1v) is 4.45. The van der Waals surface area contributed by atoms with Crippen molar-refractivity contribution < 1.29 is 46.3 Å². The quantitative estimate of drug-likeness (QED) is 0.507. The second-order valence-electron chi connectivity index (χ2n) is 2.33. The smallest absolute Gasteiger partial charge is 0.196 e. The summed E-state index contributed by atoms with van der Waals surface area (Å²) in [5, 5.41) is 0. The average molecular weight is 291 g/mol. The number of rotatable bonds is 1. The van der Waals surface area contributed by atoms with E-state index in [1.165, 1.54) is 0 Å². The van der Waals surface area contributed by atoms with Crippen LogP contribution in [0.4, 0.5) is 46.3 Å². The molecule has 0 atom stereocenters. The predicted molar refractivity (Wildman–Crippen MR) is 30.2 cm³/mol. The normalized spacial score (nSPS) is 17.8. The molecule has 0 spiro atoms. The molecular formula is C3F11NS. The van der Waals surface area contributed by atoms with E-state index >= 15 is 0 Å². The van der Waals surface area contributed by atoms with E-state index in [1.54, 1.807) is 0 Å². The van der Waals surface area contributed by atoms with E-state index in [9.17, 15) is 46.3 Å². The van der Waals surface area contributed by atoms with Crippen LogP contribution in [0.3, 0.4) is 0 Å². The highest BCUT2D eigenvalue weighted by molar-refractivity contribution is 8.04. The number of nitrogens with zero attached hydrogens (tertiary/aromatic N) is 1. The van der Waals surface area contributed by atoms with Crippen LogP contribution in [0.1, 0.15) is 0 Å². The topological polar surface area (TPSA) is 12.4 Å². The molecule has 100 valence electrons. The van der Waals surface area contributed by atoms with Crippen LogP contribution in [0.5, 0.6) is 0 Å². The van der Waals surface area contributed by atoms with Gasteiger partial charge in [0.25, 0.3) is 0 Å². The highest BCUT2D eigenvalue weighted by Gasteiger charge is 2.75. The molecule has 0 saturated carbocycles. The maximum absolute atomic E-state index is 12.2. The standard InChI is InChI=1S/C3F11NS/c4-1(2(5,6)7,3(8,9)10)15-16(11,12,13)14. The van der Waals surface area contributed by atoms with Gasteiger partial charge in [0.15, 0.2) is 0 Å². The minimum absolute atomic E-state index is 0.260. The van der Waals surface area contributed by atoms with Gasteiger partial charge in [-0.1, -0.05) is 15.5 Å². The predicted octanol–water partition coefficient (Wildman–Crippen LogP) is 4.19. The lowest BCUT2D eigenvalue weighted by atomic mass is 10.2. The van der Waals surface area contributed by atoms with Crippen molar-refractivity contribution in [1.29, 1.82) is 0 Å². The Morgan fingerprint density at radius 3 is 0.938 bits per heavy atom. The van der Waals surface area contributed by atoms with Gasteiger partial charge in [0.2, 0.25) is 0 Å². The van der Waals surface area contributed by atoms with Crippen molar-refractivity contribution in [1.82, 2.24) is 0 Å². The van der Waals surface area contributed by atoms with Crippen LogP contribution in [0.15, 0.2) is 4.36 Å². The molecule has 0 unspecified atom stereocenters. The molecule has 0 aromatic carbocycles. The van der Waals surface area contributed by atoms with Crippen LogP contribution in [0.2, 0.25) is 0 Å². The molecule has 13 heteroatoms. The van der Waals surface area contributed by atoms with E-state index in [1.807, 2.05) is 0 Å². The van der Waals surface area contributed by atoms with Gasteiger partial charge in [-0.3, -0.25) is 0 Å². The van der Waals surface area contributed by atoms with E-state index in [-0.39, 0.29) is 4.36 Å². The molecule has 0 radical (unpaired) electrons. The molecule has 0 aromatic heterocycles. The van der Waals surface area contributed by atoms with Gasteiger partial charge in [-0.25, -0.2) is 0 Å². The molecule has 0 heterocycles. The Balaban J connectivity index is 5.98. The third-order valence-electron chi connectivity index (χ3n) is 1.02. The Bertz CT molecular complexity index is 304. The van der Waals surface area contributed by atoms with Crippen molar-refractivity contribution in [2.75, 3.05) is 0 Å². The van der Waals surface area contributed by atoms with Gasteiger partial charge >= 0.3 is 28.6 Å². The number of hydrogen-bond acceptors (Lipinski definition) is 1. The lowest BCUT2D eigenvalue weighted by Crippen LogP contribution is -2.52. The largest absolute Gasteiger partial charge is 0.454 e. The Hall–Kier alpha value is -0.620. The molecule has 0 aliphatic heterocycles. The van der Waals surface area contributed by atoms with Crippen molar-refractivity contribution >= 4 is 10.5 Å². The lowest BCUT2D eigenvalue weighted by Gasteiger charge is -2.27. The SMILES string of the molecule is FC(F)(F)C(F)(N=S(F)(F)(F)F)C(F)(F)F. The summed E-state index contributed by atoms with van der Waals surface area (Å²) in [6, 6.07) is 0. The van der Waals surface area contributed by atoms with Gasteiger partial charge in [0.1, 0.15) is 0 Å². The zero-order valence-corrected chi connectivity index (χ0v) is 7.33. The summed E-state index contributed by atoms with van der Waals surface area (Å²) in [5.41, 5.74) is 0. The molecule has 0 aliphatic rings. The van der Waals surface area contributed by atoms with Gasteiger partial charge in [-0.05, 0) is 0 Å². The van der Waals surface area contributed by atoms with E-state index < -0.39 is 28.6 Å². The lowest BCUT2D eigenvalue weighted by molar-refractivity contribution is -0.338. The van der Waals surface area contributed by atoms with Gasteiger partial charge in [-0.2, -0.15) is 30.7 Å². The molecule has 1 nitrogen and oxygen atoms in total. The van der Waals surface area contributed by atoms with Gasteiger partial charge < -0.3 is 0 Å². The molecule has 0 rings (SSSR count). The summed E-state index contributed by atoms with van der Waals surface area (Å²) >= 11 is 0. The first kappa shape index (κ1) is 15.4. The van der Waals surface area contributed by atoms with Crippen LogP contribution in [-0.4, -0.2) is 18.1 Å². The van der Waals surface area contributed by atoms with Crippen molar-refractivity contribution in [3.05, 3.63) is 0 Å². The maximum atomic E-state index is 12.2. The molecular weight excluding hydrogens is 291 g/mol. The molecule has 0 saturated heterocycles. The minimum Gasteiger partial charge on any atom is -0.196 e. The number of alkyl halides is 7. The van der Waals surface area contributed by atoms with Crippen LogP contribution in [0, 0.1) is 0 Å². The zero-order valence-electron chi connectivity index (χ0n) is 6.51. The Labute approximate surface area is 80.4 Å². The van der Waals surface area contributed by atoms with Crippen LogP contribution < -0.4 is 0 Å². The second-order valence-corrected chi connectivity index (χ2v) is 3.77. The van der Waals surface area contributed by atoms with Crippen molar-refractivity contribution in [2.45, 2.75) is 18.1 Å². The van der Waals surface area contributed by atoms with Crippen LogP contribution >= 0.6 is 0 Å². The van der Waals surface area contributed by atoms with Gasteiger partial charge in [-0.15, -0.1) is 4.36 Å². The fourth-order valence-corrected chi connectivity index (χ4v) is 1.04. The van der Waals surface area contributed by atoms with E-state index in [0.717, 1.165) is 0 Å². The summed E-state index contributed by atoms with van der Waals surface area (Å²) in [5.74, 6) is -7.01. The first-order chi connectivity index (χ1) is 6.46. The van der Waals surface area contributed by atoms with Crippen molar-refractivity contribution in [3.8, 4) is 0 Å². The summed E-state index contributed by atoms with van der Waals surface area (Å²) in [7, 11) is -9.42. The third-order valence-corrected chi connectivity index (χ3v) is 1.54. The third kappa shape index (κ3) is 3.45. The average Bonchev–Trinajstić information content (AvgIpc) is 1.74. The Morgan fingerprint density at radius 1 is 0.625 bits per heavy atom. The van der Waals surface area contributed by atoms with Crippen molar-refractivity contribution in [2.24, 2.45) is 4.36 Å². The molecule has 16 heavy (non-hydrogen) atoms.